The molecule has 0 atom stereocenters. The first kappa shape index (κ1) is 10.1. The van der Waals surface area contributed by atoms with Crippen LogP contribution in [0.3, 0.4) is 0 Å². The highest BCUT2D eigenvalue weighted by molar-refractivity contribution is 5.96. The van der Waals surface area contributed by atoms with E-state index in [0.717, 1.165) is 0 Å². The number of hydrogen-bond donors (Lipinski definition) is 2. The molecule has 0 aliphatic carbocycles. The van der Waals surface area contributed by atoms with Gasteiger partial charge in [-0.25, -0.2) is 9.59 Å². The van der Waals surface area contributed by atoms with E-state index in [1.54, 1.807) is 13.0 Å². The monoisotopic (exact) mass is 200 g/mol. The van der Waals surface area contributed by atoms with Gasteiger partial charge in [0.05, 0.1) is 0 Å². The Hall–Kier alpha value is -1.98. The van der Waals surface area contributed by atoms with E-state index in [2.05, 4.69) is 0 Å². The number of hydrogen-bond acceptors (Lipinski definition) is 4. The molecule has 2 N–H and O–H groups in total. The summed E-state index contributed by atoms with van der Waals surface area (Å²) in [6, 6.07) is 0. The van der Waals surface area contributed by atoms with Crippen LogP contribution in [0.4, 0.5) is 0 Å². The molecule has 0 spiro atoms. The zero-order valence-corrected chi connectivity index (χ0v) is 7.26. The zero-order chi connectivity index (χ0) is 10.7. The van der Waals surface area contributed by atoms with Crippen LogP contribution in [0.1, 0.15) is 6.92 Å². The number of ether oxygens (including phenoxy) is 2. The molecule has 76 valence electrons. The molecule has 0 fully saturated rings. The van der Waals surface area contributed by atoms with Crippen LogP contribution in [0, 0.1) is 0 Å². The molecule has 0 saturated heterocycles. The van der Waals surface area contributed by atoms with E-state index >= 15 is 0 Å². The fourth-order valence-corrected chi connectivity index (χ4v) is 0.894. The van der Waals surface area contributed by atoms with Crippen molar-refractivity contribution in [3.05, 3.63) is 23.7 Å². The molecule has 14 heavy (non-hydrogen) atoms. The topological polar surface area (TPSA) is 93.1 Å². The number of carboxylic acids is 2. The minimum atomic E-state index is -1.46. The van der Waals surface area contributed by atoms with Gasteiger partial charge in [0.25, 0.3) is 17.8 Å². The molecule has 1 aliphatic rings. The van der Waals surface area contributed by atoms with E-state index in [0.29, 0.717) is 0 Å². The maximum absolute atomic E-state index is 10.5. The van der Waals surface area contributed by atoms with Crippen molar-refractivity contribution in [2.24, 2.45) is 0 Å². The third kappa shape index (κ3) is 1.85. The molecule has 6 heteroatoms. The smallest absolute Gasteiger partial charge is 0.375 e. The van der Waals surface area contributed by atoms with Gasteiger partial charge in [0, 0.05) is 0 Å². The largest absolute Gasteiger partial charge is 0.475 e. The molecule has 0 saturated carbocycles. The van der Waals surface area contributed by atoms with Crippen LogP contribution >= 0.6 is 0 Å². The Morgan fingerprint density at radius 3 is 1.93 bits per heavy atom. The molecular weight excluding hydrogens is 192 g/mol. The number of carbonyl (C=O) groups is 2. The Morgan fingerprint density at radius 2 is 1.64 bits per heavy atom. The standard InChI is InChI=1S/C8H8O6/c1-2-3-4-13-5(7(9)10)6(14-4)8(11)12/h2-4H,1H3,(H,9,10)(H,11,12)/b3-2+. The Morgan fingerprint density at radius 1 is 1.21 bits per heavy atom. The lowest BCUT2D eigenvalue weighted by atomic mass is 10.4. The maximum atomic E-state index is 10.5. The average molecular weight is 200 g/mol. The van der Waals surface area contributed by atoms with Crippen LogP contribution in [0.5, 0.6) is 0 Å². The summed E-state index contributed by atoms with van der Waals surface area (Å²) >= 11 is 0. The van der Waals surface area contributed by atoms with Gasteiger partial charge in [-0.2, -0.15) is 0 Å². The quantitative estimate of drug-likeness (QED) is 0.637. The summed E-state index contributed by atoms with van der Waals surface area (Å²) in [6.07, 6.45) is 1.99. The number of rotatable bonds is 3. The van der Waals surface area contributed by atoms with Crippen LogP contribution < -0.4 is 0 Å². The lowest BCUT2D eigenvalue weighted by molar-refractivity contribution is -0.138. The van der Waals surface area contributed by atoms with Crippen molar-refractivity contribution in [3.63, 3.8) is 0 Å². The molecule has 0 bridgehead atoms. The molecule has 0 radical (unpaired) electrons. The summed E-state index contributed by atoms with van der Waals surface area (Å²) < 4.78 is 9.45. The third-order valence-corrected chi connectivity index (χ3v) is 1.41. The Balaban J connectivity index is 2.90. The van der Waals surface area contributed by atoms with E-state index < -0.39 is 29.7 Å². The van der Waals surface area contributed by atoms with Gasteiger partial charge in [0.1, 0.15) is 0 Å². The SMILES string of the molecule is C/C=C/C1OC(C(=O)O)=C(C(=O)O)O1. The van der Waals surface area contributed by atoms with E-state index in [4.69, 9.17) is 19.7 Å². The number of carboxylic acid groups (broad SMARTS) is 2. The first-order valence-corrected chi connectivity index (χ1v) is 3.73. The van der Waals surface area contributed by atoms with Crippen LogP contribution in [-0.4, -0.2) is 28.4 Å². The summed E-state index contributed by atoms with van der Waals surface area (Å²) in [5.41, 5.74) is 0. The normalized spacial score (nSPS) is 16.9. The minimum Gasteiger partial charge on any atom is -0.475 e. The van der Waals surface area contributed by atoms with Crippen LogP contribution in [0.25, 0.3) is 0 Å². The second-order valence-electron chi connectivity index (χ2n) is 2.40. The summed E-state index contributed by atoms with van der Waals surface area (Å²) in [5, 5.41) is 17.1. The van der Waals surface area contributed by atoms with Gasteiger partial charge in [-0.15, -0.1) is 0 Å². The fourth-order valence-electron chi connectivity index (χ4n) is 0.894. The summed E-state index contributed by atoms with van der Waals surface area (Å²) in [4.78, 5) is 21.0. The van der Waals surface area contributed by atoms with Crippen molar-refractivity contribution in [1.82, 2.24) is 0 Å². The van der Waals surface area contributed by atoms with Gasteiger partial charge < -0.3 is 19.7 Å². The lowest BCUT2D eigenvalue weighted by Crippen LogP contribution is -2.07. The van der Waals surface area contributed by atoms with E-state index in [1.165, 1.54) is 6.08 Å². The Bertz CT molecular complexity index is 301. The van der Waals surface area contributed by atoms with Crippen molar-refractivity contribution in [2.75, 3.05) is 0 Å². The average Bonchev–Trinajstić information content (AvgIpc) is 2.49. The van der Waals surface area contributed by atoms with Gasteiger partial charge in [0.2, 0.25) is 0 Å². The minimum absolute atomic E-state index is 0.680. The third-order valence-electron chi connectivity index (χ3n) is 1.41. The number of allylic oxidation sites excluding steroid dienone is 1. The first-order chi connectivity index (χ1) is 6.56. The second kappa shape index (κ2) is 3.82. The van der Waals surface area contributed by atoms with E-state index in [-0.39, 0.29) is 0 Å². The van der Waals surface area contributed by atoms with Crippen LogP contribution in [-0.2, 0) is 19.1 Å². The predicted molar refractivity (Wildman–Crippen MR) is 43.1 cm³/mol. The highest BCUT2D eigenvalue weighted by Crippen LogP contribution is 2.23. The second-order valence-corrected chi connectivity index (χ2v) is 2.40. The van der Waals surface area contributed by atoms with Gasteiger partial charge >= 0.3 is 11.9 Å². The number of aliphatic carboxylic acids is 2. The summed E-state index contributed by atoms with van der Waals surface area (Å²) in [7, 11) is 0. The molecule has 1 rings (SSSR count). The zero-order valence-electron chi connectivity index (χ0n) is 7.26. The first-order valence-electron chi connectivity index (χ1n) is 3.73. The molecule has 1 heterocycles. The molecule has 0 aromatic heterocycles. The summed E-state index contributed by atoms with van der Waals surface area (Å²) in [6.45, 7) is 1.67. The van der Waals surface area contributed by atoms with E-state index in [9.17, 15) is 9.59 Å². The Kier molecular flexibility index (Phi) is 2.76. The molecule has 0 amide bonds. The van der Waals surface area contributed by atoms with Crippen molar-refractivity contribution < 1.29 is 29.3 Å². The van der Waals surface area contributed by atoms with Gasteiger partial charge in [-0.3, -0.25) is 0 Å². The fraction of sp³-hybridized carbons (Fsp3) is 0.250. The van der Waals surface area contributed by atoms with Gasteiger partial charge in [-0.05, 0) is 13.0 Å². The molecule has 0 unspecified atom stereocenters. The maximum Gasteiger partial charge on any atom is 0.375 e. The molecule has 0 aromatic rings. The van der Waals surface area contributed by atoms with Crippen molar-refractivity contribution in [3.8, 4) is 0 Å². The molecular formula is C8H8O6. The van der Waals surface area contributed by atoms with Crippen LogP contribution in [0.2, 0.25) is 0 Å². The molecule has 1 aliphatic heterocycles. The van der Waals surface area contributed by atoms with E-state index in [1.807, 2.05) is 0 Å². The highest BCUT2D eigenvalue weighted by atomic mass is 16.7. The van der Waals surface area contributed by atoms with Gasteiger partial charge in [0.15, 0.2) is 0 Å². The van der Waals surface area contributed by atoms with Crippen LogP contribution in [0.15, 0.2) is 23.7 Å². The van der Waals surface area contributed by atoms with Gasteiger partial charge in [-0.1, -0.05) is 6.08 Å². The predicted octanol–water partition coefficient (Wildman–Crippen LogP) is 0.316. The highest BCUT2D eigenvalue weighted by Gasteiger charge is 2.34. The lowest BCUT2D eigenvalue weighted by Gasteiger charge is -2.04. The van der Waals surface area contributed by atoms with Crippen molar-refractivity contribution >= 4 is 11.9 Å². The Labute approximate surface area is 79.0 Å². The van der Waals surface area contributed by atoms with Crippen molar-refractivity contribution in [1.29, 1.82) is 0 Å². The molecule has 6 nitrogen and oxygen atoms in total. The van der Waals surface area contributed by atoms with Crippen molar-refractivity contribution in [2.45, 2.75) is 13.2 Å². The molecule has 0 aromatic carbocycles. The summed E-state index contributed by atoms with van der Waals surface area (Å²) in [5.74, 6) is -4.29.